The minimum absolute atomic E-state index is 0.346. The second-order valence-electron chi connectivity index (χ2n) is 6.87. The Labute approximate surface area is 172 Å². The summed E-state index contributed by atoms with van der Waals surface area (Å²) in [4.78, 5) is 38.8. The Morgan fingerprint density at radius 3 is 2.17 bits per heavy atom. The molecule has 0 fully saturated rings. The molecule has 3 amide bonds. The van der Waals surface area contributed by atoms with Crippen LogP contribution in [0.25, 0.3) is 5.57 Å². The Morgan fingerprint density at radius 2 is 1.53 bits per heavy atom. The minimum Gasteiger partial charge on any atom is -0.322 e. The van der Waals surface area contributed by atoms with Crippen LogP contribution in [0.1, 0.15) is 33.2 Å². The predicted molar refractivity (Wildman–Crippen MR) is 113 cm³/mol. The lowest BCUT2D eigenvalue weighted by Crippen LogP contribution is -2.29. The molecule has 0 unspecified atom stereocenters. The third-order valence-corrected chi connectivity index (χ3v) is 4.81. The Hall–Kier alpha value is -4.06. The van der Waals surface area contributed by atoms with Gasteiger partial charge in [-0.05, 0) is 60.5 Å². The number of allylic oxidation sites excluding steroid dienone is 1. The topological polar surface area (TPSA) is 66.5 Å². The normalized spacial score (nSPS) is 13.4. The molecule has 0 bridgehead atoms. The van der Waals surface area contributed by atoms with Gasteiger partial charge in [-0.1, -0.05) is 30.3 Å². The predicted octanol–water partition coefficient (Wildman–Crippen LogP) is 4.67. The van der Waals surface area contributed by atoms with Gasteiger partial charge in [0, 0.05) is 11.8 Å². The standard InChI is InChI=1S/C24H17FN2O3/c1-15(16-9-11-17(25)12-10-16)13-22(28)26-18-5-4-6-19(14-18)27-23(29)20-7-2-3-8-21(20)24(27)30/h2-14H,1H3,(H,26,28)/b15-13+. The first-order valence-electron chi connectivity index (χ1n) is 9.27. The van der Waals surface area contributed by atoms with Crippen LogP contribution in [0.15, 0.2) is 78.9 Å². The summed E-state index contributed by atoms with van der Waals surface area (Å²) in [5.74, 6) is -1.52. The summed E-state index contributed by atoms with van der Waals surface area (Å²) in [5.41, 5.74) is 2.93. The molecule has 30 heavy (non-hydrogen) atoms. The van der Waals surface area contributed by atoms with Gasteiger partial charge in [0.25, 0.3) is 11.8 Å². The molecule has 0 saturated heterocycles. The van der Waals surface area contributed by atoms with Crippen LogP contribution in [0.5, 0.6) is 0 Å². The van der Waals surface area contributed by atoms with E-state index in [1.54, 1.807) is 67.6 Å². The van der Waals surface area contributed by atoms with E-state index in [1.807, 2.05) is 0 Å². The molecule has 4 rings (SSSR count). The molecule has 1 heterocycles. The second-order valence-corrected chi connectivity index (χ2v) is 6.87. The first kappa shape index (κ1) is 19.3. The highest BCUT2D eigenvalue weighted by atomic mass is 19.1. The molecule has 3 aromatic carbocycles. The van der Waals surface area contributed by atoms with E-state index < -0.39 is 11.8 Å². The lowest BCUT2D eigenvalue weighted by atomic mass is 10.1. The van der Waals surface area contributed by atoms with Crippen molar-refractivity contribution in [1.82, 2.24) is 0 Å². The number of imide groups is 1. The van der Waals surface area contributed by atoms with Crippen LogP contribution in [0.4, 0.5) is 15.8 Å². The van der Waals surface area contributed by atoms with Gasteiger partial charge in [0.05, 0.1) is 16.8 Å². The highest BCUT2D eigenvalue weighted by Gasteiger charge is 2.36. The van der Waals surface area contributed by atoms with Crippen LogP contribution in [-0.4, -0.2) is 17.7 Å². The number of fused-ring (bicyclic) bond motifs is 1. The molecule has 0 aliphatic carbocycles. The number of carbonyl (C=O) groups is 3. The highest BCUT2D eigenvalue weighted by molar-refractivity contribution is 6.34. The smallest absolute Gasteiger partial charge is 0.266 e. The molecule has 3 aromatic rings. The van der Waals surface area contributed by atoms with Gasteiger partial charge in [0.1, 0.15) is 5.82 Å². The Kier molecular flexibility index (Phi) is 4.98. The van der Waals surface area contributed by atoms with Crippen LogP contribution >= 0.6 is 0 Å². The van der Waals surface area contributed by atoms with E-state index in [9.17, 15) is 18.8 Å². The summed E-state index contributed by atoms with van der Waals surface area (Å²) in [5, 5.41) is 2.73. The van der Waals surface area contributed by atoms with E-state index in [-0.39, 0.29) is 11.7 Å². The molecule has 1 N–H and O–H groups in total. The largest absolute Gasteiger partial charge is 0.322 e. The third-order valence-electron chi connectivity index (χ3n) is 4.81. The van der Waals surface area contributed by atoms with E-state index >= 15 is 0 Å². The zero-order valence-electron chi connectivity index (χ0n) is 16.1. The number of hydrogen-bond donors (Lipinski definition) is 1. The van der Waals surface area contributed by atoms with Gasteiger partial charge in [-0.15, -0.1) is 0 Å². The lowest BCUT2D eigenvalue weighted by molar-refractivity contribution is -0.111. The van der Waals surface area contributed by atoms with E-state index in [0.717, 1.165) is 10.5 Å². The lowest BCUT2D eigenvalue weighted by Gasteiger charge is -2.15. The van der Waals surface area contributed by atoms with Gasteiger partial charge in [-0.3, -0.25) is 14.4 Å². The number of rotatable bonds is 4. The van der Waals surface area contributed by atoms with Crippen molar-refractivity contribution >= 4 is 34.7 Å². The van der Waals surface area contributed by atoms with E-state index in [0.29, 0.717) is 28.1 Å². The molecule has 0 saturated carbocycles. The molecule has 5 nitrogen and oxygen atoms in total. The molecule has 148 valence electrons. The summed E-state index contributed by atoms with van der Waals surface area (Å²) >= 11 is 0. The first-order chi connectivity index (χ1) is 14.4. The fourth-order valence-corrected chi connectivity index (χ4v) is 3.32. The van der Waals surface area contributed by atoms with Crippen molar-refractivity contribution in [3.63, 3.8) is 0 Å². The van der Waals surface area contributed by atoms with Gasteiger partial charge in [-0.2, -0.15) is 0 Å². The highest BCUT2D eigenvalue weighted by Crippen LogP contribution is 2.29. The van der Waals surface area contributed by atoms with Gasteiger partial charge in [-0.25, -0.2) is 9.29 Å². The second kappa shape index (κ2) is 7.75. The summed E-state index contributed by atoms with van der Waals surface area (Å²) in [6.45, 7) is 1.75. The van der Waals surface area contributed by atoms with Gasteiger partial charge in [0.15, 0.2) is 0 Å². The molecular weight excluding hydrogens is 383 g/mol. The van der Waals surface area contributed by atoms with E-state index in [2.05, 4.69) is 5.32 Å². The Morgan fingerprint density at radius 1 is 0.900 bits per heavy atom. The SMILES string of the molecule is C/C(=C\C(=O)Nc1cccc(N2C(=O)c3ccccc3C2=O)c1)c1ccc(F)cc1. The Balaban J connectivity index is 1.54. The van der Waals surface area contributed by atoms with Crippen molar-refractivity contribution in [3.05, 3.63) is 101 Å². The number of carbonyl (C=O) groups excluding carboxylic acids is 3. The third kappa shape index (κ3) is 3.63. The van der Waals surface area contributed by atoms with E-state index in [1.165, 1.54) is 18.2 Å². The van der Waals surface area contributed by atoms with Crippen molar-refractivity contribution in [2.75, 3.05) is 10.2 Å². The molecule has 1 aliphatic rings. The number of hydrogen-bond acceptors (Lipinski definition) is 3. The van der Waals surface area contributed by atoms with Gasteiger partial charge >= 0.3 is 0 Å². The quantitative estimate of drug-likeness (QED) is 0.511. The molecular formula is C24H17FN2O3. The van der Waals surface area contributed by atoms with Crippen LogP contribution in [0.2, 0.25) is 0 Å². The number of nitrogens with zero attached hydrogens (tertiary/aromatic N) is 1. The van der Waals surface area contributed by atoms with Gasteiger partial charge < -0.3 is 5.32 Å². The maximum atomic E-state index is 13.1. The zero-order valence-corrected chi connectivity index (χ0v) is 16.1. The first-order valence-corrected chi connectivity index (χ1v) is 9.27. The van der Waals surface area contributed by atoms with Crippen LogP contribution in [0.3, 0.4) is 0 Å². The maximum Gasteiger partial charge on any atom is 0.266 e. The van der Waals surface area contributed by atoms with Crippen molar-refractivity contribution in [3.8, 4) is 0 Å². The number of amides is 3. The molecule has 0 radical (unpaired) electrons. The Bertz CT molecular complexity index is 1160. The number of anilines is 2. The van der Waals surface area contributed by atoms with Crippen LogP contribution < -0.4 is 10.2 Å². The fourth-order valence-electron chi connectivity index (χ4n) is 3.32. The average Bonchev–Trinajstić information content (AvgIpc) is 2.99. The van der Waals surface area contributed by atoms with Gasteiger partial charge in [0.2, 0.25) is 5.91 Å². The van der Waals surface area contributed by atoms with Crippen LogP contribution in [-0.2, 0) is 4.79 Å². The number of halogens is 1. The van der Waals surface area contributed by atoms with Crippen LogP contribution in [0, 0.1) is 5.82 Å². The molecule has 0 aromatic heterocycles. The van der Waals surface area contributed by atoms with E-state index in [4.69, 9.17) is 0 Å². The number of benzene rings is 3. The van der Waals surface area contributed by atoms with Crippen molar-refractivity contribution in [1.29, 1.82) is 0 Å². The average molecular weight is 400 g/mol. The number of nitrogens with one attached hydrogen (secondary N) is 1. The van der Waals surface area contributed by atoms with Crippen molar-refractivity contribution in [2.24, 2.45) is 0 Å². The summed E-state index contributed by atoms with van der Waals surface area (Å²) in [6, 6.07) is 19.0. The fraction of sp³-hybridized carbons (Fsp3) is 0.0417. The summed E-state index contributed by atoms with van der Waals surface area (Å²) < 4.78 is 13.1. The molecule has 1 aliphatic heterocycles. The van der Waals surface area contributed by atoms with Crippen molar-refractivity contribution in [2.45, 2.75) is 6.92 Å². The van der Waals surface area contributed by atoms with Crippen molar-refractivity contribution < 1.29 is 18.8 Å². The maximum absolute atomic E-state index is 13.1. The molecule has 6 heteroatoms. The molecule has 0 spiro atoms. The summed E-state index contributed by atoms with van der Waals surface area (Å²) in [7, 11) is 0. The zero-order chi connectivity index (χ0) is 21.3. The minimum atomic E-state index is -0.397. The monoisotopic (exact) mass is 400 g/mol. The molecule has 0 atom stereocenters. The summed E-state index contributed by atoms with van der Waals surface area (Å²) in [6.07, 6.45) is 1.40.